The zero-order valence-electron chi connectivity index (χ0n) is 17.4. The monoisotopic (exact) mass is 449 g/mol. The lowest BCUT2D eigenvalue weighted by Crippen LogP contribution is -2.39. The Bertz CT molecular complexity index is 1420. The van der Waals surface area contributed by atoms with E-state index in [9.17, 15) is 9.59 Å². The van der Waals surface area contributed by atoms with Gasteiger partial charge in [0.25, 0.3) is 5.56 Å². The van der Waals surface area contributed by atoms with Crippen LogP contribution in [0.15, 0.2) is 63.8 Å². The topological polar surface area (TPSA) is 92.0 Å². The lowest BCUT2D eigenvalue weighted by molar-refractivity contribution is -0.139. The maximum absolute atomic E-state index is 13.5. The van der Waals surface area contributed by atoms with Gasteiger partial charge < -0.3 is 14.2 Å². The van der Waals surface area contributed by atoms with E-state index in [2.05, 4.69) is 9.98 Å². The molecule has 2 aliphatic rings. The van der Waals surface area contributed by atoms with Crippen LogP contribution < -0.4 is 24.4 Å². The van der Waals surface area contributed by atoms with Gasteiger partial charge in [-0.3, -0.25) is 14.3 Å². The molecule has 2 aromatic heterocycles. The Hall–Kier alpha value is -3.72. The molecule has 0 fully saturated rings. The number of nitrogens with zero attached hydrogens (tertiary/aromatic N) is 3. The first-order valence-electron chi connectivity index (χ1n) is 10.1. The van der Waals surface area contributed by atoms with Crippen molar-refractivity contribution in [3.05, 3.63) is 84.8 Å². The summed E-state index contributed by atoms with van der Waals surface area (Å²) in [5.74, 6) is 0.687. The third kappa shape index (κ3) is 3.40. The molecule has 1 aromatic carbocycles. The highest BCUT2D eigenvalue weighted by atomic mass is 32.1. The molecule has 0 saturated carbocycles. The van der Waals surface area contributed by atoms with Gasteiger partial charge in [0.15, 0.2) is 16.3 Å². The normalized spacial score (nSPS) is 17.2. The average molecular weight is 449 g/mol. The third-order valence-electron chi connectivity index (χ3n) is 5.21. The quantitative estimate of drug-likeness (QED) is 0.565. The number of aromatic nitrogens is 2. The summed E-state index contributed by atoms with van der Waals surface area (Å²) in [6.07, 6.45) is 5.13. The summed E-state index contributed by atoms with van der Waals surface area (Å²) in [7, 11) is 0. The van der Waals surface area contributed by atoms with Gasteiger partial charge in [-0.05, 0) is 49.2 Å². The van der Waals surface area contributed by atoms with Gasteiger partial charge >= 0.3 is 5.97 Å². The largest absolute Gasteiger partial charge is 0.463 e. The number of esters is 1. The summed E-state index contributed by atoms with van der Waals surface area (Å²) < 4.78 is 18.3. The predicted octanol–water partition coefficient (Wildman–Crippen LogP) is 1.92. The van der Waals surface area contributed by atoms with E-state index in [0.29, 0.717) is 37.7 Å². The van der Waals surface area contributed by atoms with Gasteiger partial charge in [0.05, 0.1) is 28.5 Å². The summed E-state index contributed by atoms with van der Waals surface area (Å²) in [6, 6.07) is 8.38. The molecule has 162 valence electrons. The Morgan fingerprint density at radius 2 is 2.16 bits per heavy atom. The van der Waals surface area contributed by atoms with Gasteiger partial charge in [-0.1, -0.05) is 23.5 Å². The van der Waals surface area contributed by atoms with Crippen molar-refractivity contribution >= 4 is 23.4 Å². The first-order chi connectivity index (χ1) is 15.6. The number of pyridine rings is 1. The van der Waals surface area contributed by atoms with Gasteiger partial charge in [-0.15, -0.1) is 0 Å². The first kappa shape index (κ1) is 20.2. The fourth-order valence-electron chi connectivity index (χ4n) is 3.80. The summed E-state index contributed by atoms with van der Waals surface area (Å²) >= 11 is 1.27. The molecule has 0 amide bonds. The highest BCUT2D eigenvalue weighted by Crippen LogP contribution is 2.38. The smallest absolute Gasteiger partial charge is 0.338 e. The number of benzene rings is 1. The molecular weight excluding hydrogens is 430 g/mol. The van der Waals surface area contributed by atoms with Crippen LogP contribution in [0.5, 0.6) is 11.5 Å². The van der Waals surface area contributed by atoms with E-state index in [-0.39, 0.29) is 19.0 Å². The Labute approximate surface area is 186 Å². The number of carbonyl (C=O) groups excluding carboxylic acids is 1. The van der Waals surface area contributed by atoms with Gasteiger partial charge in [-0.2, -0.15) is 0 Å². The number of fused-ring (bicyclic) bond motifs is 2. The van der Waals surface area contributed by atoms with Crippen LogP contribution in [0.2, 0.25) is 0 Å². The Balaban J connectivity index is 1.73. The van der Waals surface area contributed by atoms with Crippen LogP contribution >= 0.6 is 11.3 Å². The van der Waals surface area contributed by atoms with E-state index in [0.717, 1.165) is 5.56 Å². The van der Waals surface area contributed by atoms with Gasteiger partial charge in [0, 0.05) is 12.4 Å². The van der Waals surface area contributed by atoms with E-state index < -0.39 is 12.0 Å². The maximum Gasteiger partial charge on any atom is 0.338 e. The van der Waals surface area contributed by atoms with Crippen molar-refractivity contribution in [3.8, 4) is 11.5 Å². The molecule has 4 heterocycles. The number of thiazole rings is 1. The van der Waals surface area contributed by atoms with E-state index >= 15 is 0 Å². The first-order valence-corrected chi connectivity index (χ1v) is 10.9. The lowest BCUT2D eigenvalue weighted by Gasteiger charge is -2.24. The van der Waals surface area contributed by atoms with Crippen LogP contribution in [0.3, 0.4) is 0 Å². The second kappa shape index (κ2) is 8.08. The fourth-order valence-corrected chi connectivity index (χ4v) is 4.85. The van der Waals surface area contributed by atoms with Crippen molar-refractivity contribution in [1.29, 1.82) is 0 Å². The van der Waals surface area contributed by atoms with Crippen molar-refractivity contribution in [3.63, 3.8) is 0 Å². The minimum Gasteiger partial charge on any atom is -0.463 e. The fraction of sp³-hybridized carbons (Fsp3) is 0.217. The third-order valence-corrected chi connectivity index (χ3v) is 6.19. The van der Waals surface area contributed by atoms with Gasteiger partial charge in [-0.25, -0.2) is 9.79 Å². The van der Waals surface area contributed by atoms with E-state index in [1.807, 2.05) is 12.1 Å². The highest BCUT2D eigenvalue weighted by Gasteiger charge is 2.34. The maximum atomic E-state index is 13.5. The molecule has 5 rings (SSSR count). The van der Waals surface area contributed by atoms with Crippen molar-refractivity contribution < 1.29 is 19.0 Å². The molecule has 0 saturated heterocycles. The number of ether oxygens (including phenoxy) is 3. The summed E-state index contributed by atoms with van der Waals surface area (Å²) in [4.78, 5) is 35.6. The molecular formula is C23H19N3O5S. The zero-order chi connectivity index (χ0) is 22.2. The number of hydrogen-bond donors (Lipinski definition) is 0. The molecule has 0 bridgehead atoms. The van der Waals surface area contributed by atoms with Gasteiger partial charge in [0.2, 0.25) is 6.79 Å². The molecule has 2 aliphatic heterocycles. The molecule has 1 atom stereocenters. The van der Waals surface area contributed by atoms with Crippen LogP contribution in [0.25, 0.3) is 6.08 Å². The van der Waals surface area contributed by atoms with Crippen molar-refractivity contribution in [2.24, 2.45) is 4.99 Å². The van der Waals surface area contributed by atoms with Crippen molar-refractivity contribution in [1.82, 2.24) is 9.55 Å². The summed E-state index contributed by atoms with van der Waals surface area (Å²) in [6.45, 7) is 3.85. The molecule has 0 unspecified atom stereocenters. The Kier molecular flexibility index (Phi) is 5.10. The molecule has 3 aromatic rings. The minimum atomic E-state index is -0.698. The molecule has 32 heavy (non-hydrogen) atoms. The number of hydrogen-bond acceptors (Lipinski definition) is 8. The Morgan fingerprint density at radius 1 is 1.31 bits per heavy atom. The molecule has 8 nitrogen and oxygen atoms in total. The Morgan fingerprint density at radius 3 is 2.94 bits per heavy atom. The van der Waals surface area contributed by atoms with E-state index in [1.165, 1.54) is 11.3 Å². The number of rotatable bonds is 4. The molecule has 0 aliphatic carbocycles. The molecule has 0 radical (unpaired) electrons. The van der Waals surface area contributed by atoms with E-state index in [4.69, 9.17) is 14.2 Å². The minimum absolute atomic E-state index is 0.131. The summed E-state index contributed by atoms with van der Waals surface area (Å²) in [5, 5.41) is 0. The lowest BCUT2D eigenvalue weighted by atomic mass is 9.95. The second-order valence-corrected chi connectivity index (χ2v) is 8.21. The summed E-state index contributed by atoms with van der Waals surface area (Å²) in [5.41, 5.74) is 2.11. The second-order valence-electron chi connectivity index (χ2n) is 7.20. The van der Waals surface area contributed by atoms with E-state index in [1.54, 1.807) is 55.1 Å². The SMILES string of the molecule is CCOC(=O)C1=C(C)N=c2s/c(=C\c3cccnc3)c(=O)n2[C@H]1c1ccc2c(c1)OCO2. The predicted molar refractivity (Wildman–Crippen MR) is 117 cm³/mol. The highest BCUT2D eigenvalue weighted by molar-refractivity contribution is 7.07. The molecule has 0 N–H and O–H groups in total. The standard InChI is InChI=1S/C23H19N3O5S/c1-3-29-22(28)19-13(2)25-23-26(20(19)15-6-7-16-17(10-15)31-12-30-16)21(27)18(32-23)9-14-5-4-8-24-11-14/h4-11,20H,3,12H2,1-2H3/b18-9-/t20-/m0/s1. The van der Waals surface area contributed by atoms with Crippen molar-refractivity contribution in [2.75, 3.05) is 13.4 Å². The number of allylic oxidation sites excluding steroid dienone is 1. The van der Waals surface area contributed by atoms with Crippen molar-refractivity contribution in [2.45, 2.75) is 19.9 Å². The molecule has 0 spiro atoms. The zero-order valence-corrected chi connectivity index (χ0v) is 18.2. The van der Waals surface area contributed by atoms with Crippen LogP contribution in [0, 0.1) is 0 Å². The number of carbonyl (C=O) groups is 1. The van der Waals surface area contributed by atoms with Crippen LogP contribution in [-0.2, 0) is 9.53 Å². The van der Waals surface area contributed by atoms with Crippen LogP contribution in [-0.4, -0.2) is 28.9 Å². The molecule has 9 heteroatoms. The van der Waals surface area contributed by atoms with Crippen LogP contribution in [0.4, 0.5) is 0 Å². The van der Waals surface area contributed by atoms with Gasteiger partial charge in [0.1, 0.15) is 0 Å². The average Bonchev–Trinajstić information content (AvgIpc) is 3.37. The van der Waals surface area contributed by atoms with Crippen LogP contribution in [0.1, 0.15) is 31.0 Å².